The summed E-state index contributed by atoms with van der Waals surface area (Å²) in [6, 6.07) is 22.4. The van der Waals surface area contributed by atoms with E-state index in [9.17, 15) is 24.0 Å². The Kier molecular flexibility index (Phi) is 8.99. The summed E-state index contributed by atoms with van der Waals surface area (Å²) in [6.45, 7) is 3.65. The second-order valence-corrected chi connectivity index (χ2v) is 11.4. The smallest absolute Gasteiger partial charge is 0.338 e. The van der Waals surface area contributed by atoms with Gasteiger partial charge in [0.1, 0.15) is 0 Å². The number of anilines is 2. The predicted molar refractivity (Wildman–Crippen MR) is 159 cm³/mol. The van der Waals surface area contributed by atoms with Crippen LogP contribution in [0.25, 0.3) is 0 Å². The monoisotopic (exact) mass is 582 g/mol. The molecule has 1 heterocycles. The zero-order chi connectivity index (χ0) is 30.5. The fourth-order valence-corrected chi connectivity index (χ4v) is 5.66. The Balaban J connectivity index is 1.17. The van der Waals surface area contributed by atoms with Crippen LogP contribution in [0.1, 0.15) is 65.3 Å². The van der Waals surface area contributed by atoms with E-state index in [-0.39, 0.29) is 35.1 Å². The van der Waals surface area contributed by atoms with E-state index in [1.165, 1.54) is 34.7 Å². The third-order valence-corrected chi connectivity index (χ3v) is 7.82. The van der Waals surface area contributed by atoms with Crippen LogP contribution in [0.5, 0.6) is 0 Å². The van der Waals surface area contributed by atoms with Gasteiger partial charge in [-0.1, -0.05) is 50.2 Å². The van der Waals surface area contributed by atoms with Gasteiger partial charge in [0.25, 0.3) is 5.91 Å². The maximum absolute atomic E-state index is 13.4. The van der Waals surface area contributed by atoms with Crippen molar-refractivity contribution in [3.63, 3.8) is 0 Å². The average Bonchev–Trinajstić information content (AvgIpc) is 3.28. The summed E-state index contributed by atoms with van der Waals surface area (Å²) in [5.41, 5.74) is 2.38. The van der Waals surface area contributed by atoms with Crippen molar-refractivity contribution in [1.82, 2.24) is 0 Å². The van der Waals surface area contributed by atoms with Crippen molar-refractivity contribution in [2.75, 3.05) is 23.4 Å². The van der Waals surface area contributed by atoms with Crippen LogP contribution in [0.4, 0.5) is 11.4 Å². The van der Waals surface area contributed by atoms with Crippen LogP contribution in [-0.4, -0.2) is 42.9 Å². The Hall–Kier alpha value is -4.79. The number of esters is 2. The van der Waals surface area contributed by atoms with Crippen LogP contribution in [0, 0.1) is 17.8 Å². The summed E-state index contributed by atoms with van der Waals surface area (Å²) in [5, 5.41) is 2.61. The van der Waals surface area contributed by atoms with E-state index < -0.39 is 30.4 Å². The number of nitrogens with one attached hydrogen (secondary N) is 1. The van der Waals surface area contributed by atoms with E-state index in [2.05, 4.69) is 17.4 Å². The first kappa shape index (κ1) is 29.7. The molecule has 1 aliphatic carbocycles. The van der Waals surface area contributed by atoms with E-state index in [1.54, 1.807) is 24.3 Å². The fraction of sp³-hybridized carbons (Fsp3) is 0.324. The quantitative estimate of drug-likeness (QED) is 0.266. The number of benzene rings is 3. The number of ether oxygens (including phenoxy) is 2. The van der Waals surface area contributed by atoms with Gasteiger partial charge in [0.15, 0.2) is 6.61 Å². The summed E-state index contributed by atoms with van der Waals surface area (Å²) in [4.78, 5) is 65.1. The molecule has 1 saturated carbocycles. The minimum Gasteiger partial charge on any atom is -0.462 e. The number of carbonyl (C=O) groups excluding carboxylic acids is 5. The molecule has 2 aliphatic rings. The Bertz CT molecular complexity index is 1520. The van der Waals surface area contributed by atoms with Crippen molar-refractivity contribution in [3.8, 4) is 0 Å². The van der Waals surface area contributed by atoms with Crippen LogP contribution in [0.3, 0.4) is 0 Å². The standard InChI is InChI=1S/C34H34N2O7/c1-21(2)19-42-33(40)23-11-14-26(15-12-23)35-30(37)20-43-34(41)25-9-6-10-27(17-25)36-31(38)28-16-13-24(18-29(28)32(36)39)22-7-4-3-5-8-22/h3-12,14-15,17,21,24,28-29H,13,16,18-20H2,1-2H3,(H,35,37)/t24-,28-,29-/m1/s1. The molecule has 3 amide bonds. The number of imide groups is 1. The molecule has 9 nitrogen and oxygen atoms in total. The molecule has 222 valence electrons. The van der Waals surface area contributed by atoms with E-state index in [1.807, 2.05) is 32.0 Å². The second kappa shape index (κ2) is 13.0. The van der Waals surface area contributed by atoms with Gasteiger partial charge < -0.3 is 14.8 Å². The Labute approximate surface area is 250 Å². The van der Waals surface area contributed by atoms with Gasteiger partial charge in [-0.2, -0.15) is 0 Å². The van der Waals surface area contributed by atoms with Crippen LogP contribution < -0.4 is 10.2 Å². The van der Waals surface area contributed by atoms with Crippen molar-refractivity contribution in [2.45, 2.75) is 39.0 Å². The highest BCUT2D eigenvalue weighted by molar-refractivity contribution is 6.22. The highest BCUT2D eigenvalue weighted by Crippen LogP contribution is 2.45. The zero-order valence-corrected chi connectivity index (χ0v) is 24.2. The van der Waals surface area contributed by atoms with Gasteiger partial charge in [0, 0.05) is 5.69 Å². The number of rotatable bonds is 9. The molecule has 9 heteroatoms. The number of hydrogen-bond acceptors (Lipinski definition) is 7. The van der Waals surface area contributed by atoms with Gasteiger partial charge in [-0.25, -0.2) is 9.59 Å². The molecular formula is C34H34N2O7. The number of hydrogen-bond donors (Lipinski definition) is 1. The zero-order valence-electron chi connectivity index (χ0n) is 24.2. The molecule has 2 fully saturated rings. The Morgan fingerprint density at radius 3 is 2.23 bits per heavy atom. The largest absolute Gasteiger partial charge is 0.462 e. The van der Waals surface area contributed by atoms with E-state index in [4.69, 9.17) is 9.47 Å². The molecular weight excluding hydrogens is 548 g/mol. The topological polar surface area (TPSA) is 119 Å². The molecule has 3 atom stereocenters. The predicted octanol–water partition coefficient (Wildman–Crippen LogP) is 5.37. The van der Waals surface area contributed by atoms with E-state index in [0.717, 1.165) is 6.42 Å². The second-order valence-electron chi connectivity index (χ2n) is 11.4. The molecule has 0 spiro atoms. The Morgan fingerprint density at radius 1 is 0.814 bits per heavy atom. The molecule has 0 aromatic heterocycles. The van der Waals surface area contributed by atoms with Crippen molar-refractivity contribution in [3.05, 3.63) is 95.6 Å². The summed E-state index contributed by atoms with van der Waals surface area (Å²) >= 11 is 0. The molecule has 43 heavy (non-hydrogen) atoms. The van der Waals surface area contributed by atoms with Crippen LogP contribution in [-0.2, 0) is 23.9 Å². The molecule has 0 bridgehead atoms. The van der Waals surface area contributed by atoms with Crippen LogP contribution >= 0.6 is 0 Å². The lowest BCUT2D eigenvalue weighted by Crippen LogP contribution is -2.31. The molecule has 1 N–H and O–H groups in total. The summed E-state index contributed by atoms with van der Waals surface area (Å²) in [7, 11) is 0. The molecule has 1 aliphatic heterocycles. The first-order valence-corrected chi connectivity index (χ1v) is 14.5. The van der Waals surface area contributed by atoms with Gasteiger partial charge in [-0.15, -0.1) is 0 Å². The van der Waals surface area contributed by atoms with Gasteiger partial charge in [-0.3, -0.25) is 19.3 Å². The van der Waals surface area contributed by atoms with Gasteiger partial charge in [0.2, 0.25) is 11.8 Å². The fourth-order valence-electron chi connectivity index (χ4n) is 5.66. The minimum atomic E-state index is -0.763. The molecule has 3 aromatic carbocycles. The normalized spacial score (nSPS) is 19.6. The molecule has 0 unspecified atom stereocenters. The number of nitrogens with zero attached hydrogens (tertiary/aromatic N) is 1. The van der Waals surface area contributed by atoms with Crippen molar-refractivity contribution in [2.24, 2.45) is 17.8 Å². The van der Waals surface area contributed by atoms with Crippen LogP contribution in [0.2, 0.25) is 0 Å². The highest BCUT2D eigenvalue weighted by atomic mass is 16.5. The SMILES string of the molecule is CC(C)COC(=O)c1ccc(NC(=O)COC(=O)c2cccc(N3C(=O)[C@@H]4CC[C@@H](c5ccccc5)C[C@H]4C3=O)c2)cc1. The lowest BCUT2D eigenvalue weighted by Gasteiger charge is -2.28. The lowest BCUT2D eigenvalue weighted by molar-refractivity contribution is -0.122. The van der Waals surface area contributed by atoms with E-state index in [0.29, 0.717) is 36.4 Å². The van der Waals surface area contributed by atoms with Crippen molar-refractivity contribution in [1.29, 1.82) is 0 Å². The minimum absolute atomic E-state index is 0.118. The van der Waals surface area contributed by atoms with Crippen LogP contribution in [0.15, 0.2) is 78.9 Å². The number of carbonyl (C=O) groups is 5. The Morgan fingerprint density at radius 2 is 1.51 bits per heavy atom. The van der Waals surface area contributed by atoms with Gasteiger partial charge in [0.05, 0.1) is 35.3 Å². The summed E-state index contributed by atoms with van der Waals surface area (Å²) < 4.78 is 10.4. The maximum Gasteiger partial charge on any atom is 0.338 e. The number of amides is 3. The molecule has 5 rings (SSSR count). The lowest BCUT2D eigenvalue weighted by atomic mass is 9.73. The van der Waals surface area contributed by atoms with Gasteiger partial charge in [-0.05, 0) is 79.1 Å². The average molecular weight is 583 g/mol. The first-order valence-electron chi connectivity index (χ1n) is 14.5. The summed E-state index contributed by atoms with van der Waals surface area (Å²) in [6.07, 6.45) is 2.08. The number of fused-ring (bicyclic) bond motifs is 1. The van der Waals surface area contributed by atoms with Crippen molar-refractivity contribution < 1.29 is 33.4 Å². The maximum atomic E-state index is 13.4. The first-order chi connectivity index (χ1) is 20.7. The van der Waals surface area contributed by atoms with Gasteiger partial charge >= 0.3 is 11.9 Å². The van der Waals surface area contributed by atoms with E-state index >= 15 is 0 Å². The summed E-state index contributed by atoms with van der Waals surface area (Å²) in [5.74, 6) is -2.61. The molecule has 0 radical (unpaired) electrons. The third kappa shape index (κ3) is 6.83. The van der Waals surface area contributed by atoms with Crippen molar-refractivity contribution >= 4 is 41.0 Å². The highest BCUT2D eigenvalue weighted by Gasteiger charge is 2.50. The molecule has 3 aromatic rings. The molecule has 1 saturated heterocycles. The third-order valence-electron chi connectivity index (χ3n) is 7.82.